The topological polar surface area (TPSA) is 84.6 Å². The SMILES string of the molecule is O=C1CC(C(=O)O)(c2cnc3ccnn3c2)C1. The minimum atomic E-state index is -1.11. The highest BCUT2D eigenvalue weighted by molar-refractivity contribution is 6.01. The summed E-state index contributed by atoms with van der Waals surface area (Å²) in [5.41, 5.74) is 0.0743. The number of nitrogens with zero attached hydrogens (tertiary/aromatic N) is 3. The molecule has 0 aliphatic heterocycles. The van der Waals surface area contributed by atoms with Crippen LogP contribution in [0, 0.1) is 0 Å². The number of carboxylic acids is 1. The zero-order valence-corrected chi connectivity index (χ0v) is 8.83. The predicted molar refractivity (Wildman–Crippen MR) is 56.5 cm³/mol. The molecule has 2 aromatic rings. The van der Waals surface area contributed by atoms with Crippen molar-refractivity contribution >= 4 is 17.4 Å². The van der Waals surface area contributed by atoms with Crippen LogP contribution < -0.4 is 0 Å². The normalized spacial score (nSPS) is 18.0. The average molecular weight is 231 g/mol. The van der Waals surface area contributed by atoms with E-state index >= 15 is 0 Å². The Balaban J connectivity index is 2.12. The lowest BCUT2D eigenvalue weighted by atomic mass is 9.64. The first-order valence-corrected chi connectivity index (χ1v) is 5.17. The molecule has 1 aliphatic carbocycles. The van der Waals surface area contributed by atoms with Gasteiger partial charge >= 0.3 is 5.97 Å². The maximum absolute atomic E-state index is 11.3. The number of aromatic nitrogens is 3. The minimum absolute atomic E-state index is 0.0343. The van der Waals surface area contributed by atoms with Gasteiger partial charge in [0, 0.05) is 36.9 Å². The molecule has 6 nitrogen and oxygen atoms in total. The van der Waals surface area contributed by atoms with Crippen LogP contribution in [-0.2, 0) is 15.0 Å². The largest absolute Gasteiger partial charge is 0.481 e. The third-order valence-corrected chi connectivity index (χ3v) is 3.21. The van der Waals surface area contributed by atoms with Crippen molar-refractivity contribution in [1.82, 2.24) is 14.6 Å². The van der Waals surface area contributed by atoms with Gasteiger partial charge in [-0.05, 0) is 0 Å². The van der Waals surface area contributed by atoms with Crippen molar-refractivity contribution in [3.8, 4) is 0 Å². The van der Waals surface area contributed by atoms with Crippen molar-refractivity contribution < 1.29 is 14.7 Å². The quantitative estimate of drug-likeness (QED) is 0.809. The van der Waals surface area contributed by atoms with Gasteiger partial charge in [0.1, 0.15) is 11.2 Å². The molecular formula is C11H9N3O3. The Hall–Kier alpha value is -2.24. The molecule has 86 valence electrons. The highest BCUT2D eigenvalue weighted by Gasteiger charge is 2.52. The Kier molecular flexibility index (Phi) is 1.83. The van der Waals surface area contributed by atoms with Gasteiger partial charge in [0.25, 0.3) is 0 Å². The molecule has 0 saturated heterocycles. The van der Waals surface area contributed by atoms with Gasteiger partial charge in [0.2, 0.25) is 0 Å². The number of aliphatic carboxylic acids is 1. The molecule has 1 aliphatic rings. The fraction of sp³-hybridized carbons (Fsp3) is 0.273. The molecule has 0 spiro atoms. The van der Waals surface area contributed by atoms with E-state index in [4.69, 9.17) is 0 Å². The Bertz CT molecular complexity index is 624. The molecule has 0 aromatic carbocycles. The van der Waals surface area contributed by atoms with Gasteiger partial charge in [-0.1, -0.05) is 0 Å². The Labute approximate surface area is 95.9 Å². The monoisotopic (exact) mass is 231 g/mol. The summed E-state index contributed by atoms with van der Waals surface area (Å²) in [7, 11) is 0. The van der Waals surface area contributed by atoms with Crippen LogP contribution in [0.25, 0.3) is 5.65 Å². The van der Waals surface area contributed by atoms with Crippen LogP contribution in [0.1, 0.15) is 18.4 Å². The summed E-state index contributed by atoms with van der Waals surface area (Å²) in [5, 5.41) is 13.3. The molecule has 2 aromatic heterocycles. The molecule has 0 unspecified atom stereocenters. The van der Waals surface area contributed by atoms with Crippen LogP contribution in [0.5, 0.6) is 0 Å². The molecule has 0 bridgehead atoms. The van der Waals surface area contributed by atoms with Gasteiger partial charge in [-0.2, -0.15) is 5.10 Å². The fourth-order valence-corrected chi connectivity index (χ4v) is 2.16. The van der Waals surface area contributed by atoms with Crippen molar-refractivity contribution in [1.29, 1.82) is 0 Å². The highest BCUT2D eigenvalue weighted by atomic mass is 16.4. The number of fused-ring (bicyclic) bond motifs is 1. The van der Waals surface area contributed by atoms with Crippen LogP contribution >= 0.6 is 0 Å². The van der Waals surface area contributed by atoms with Gasteiger partial charge in [-0.3, -0.25) is 9.59 Å². The van der Waals surface area contributed by atoms with Gasteiger partial charge < -0.3 is 5.11 Å². The smallest absolute Gasteiger partial charge is 0.315 e. The lowest BCUT2D eigenvalue weighted by molar-refractivity contribution is -0.153. The second-order valence-corrected chi connectivity index (χ2v) is 4.26. The third kappa shape index (κ3) is 1.27. The van der Waals surface area contributed by atoms with Gasteiger partial charge in [0.05, 0.1) is 6.20 Å². The van der Waals surface area contributed by atoms with E-state index in [2.05, 4.69) is 10.1 Å². The number of rotatable bonds is 2. The van der Waals surface area contributed by atoms with Gasteiger partial charge in [-0.15, -0.1) is 0 Å². The number of carbonyl (C=O) groups is 2. The number of Topliss-reactive ketones (excluding diaryl/α,β-unsaturated/α-hetero) is 1. The van der Waals surface area contributed by atoms with Gasteiger partial charge in [0.15, 0.2) is 5.65 Å². The molecule has 3 rings (SSSR count). The fourth-order valence-electron chi connectivity index (χ4n) is 2.16. The van der Waals surface area contributed by atoms with Crippen LogP contribution in [0.15, 0.2) is 24.7 Å². The minimum Gasteiger partial charge on any atom is -0.481 e. The molecule has 2 heterocycles. The van der Waals surface area contributed by atoms with Crippen molar-refractivity contribution in [3.05, 3.63) is 30.2 Å². The lowest BCUT2D eigenvalue weighted by Crippen LogP contribution is -2.48. The predicted octanol–water partition coefficient (Wildman–Crippen LogP) is 0.415. The summed E-state index contributed by atoms with van der Waals surface area (Å²) in [6.07, 6.45) is 4.81. The van der Waals surface area contributed by atoms with E-state index < -0.39 is 11.4 Å². The molecule has 1 N–H and O–H groups in total. The van der Waals surface area contributed by atoms with E-state index in [0.717, 1.165) is 0 Å². The Morgan fingerprint density at radius 1 is 1.47 bits per heavy atom. The molecule has 17 heavy (non-hydrogen) atoms. The zero-order chi connectivity index (χ0) is 12.0. The molecule has 0 radical (unpaired) electrons. The van der Waals surface area contributed by atoms with Crippen LogP contribution in [-0.4, -0.2) is 31.5 Å². The van der Waals surface area contributed by atoms with Gasteiger partial charge in [-0.25, -0.2) is 9.50 Å². The Morgan fingerprint density at radius 2 is 2.24 bits per heavy atom. The number of hydrogen-bond donors (Lipinski definition) is 1. The van der Waals surface area contributed by atoms with E-state index in [1.165, 1.54) is 10.7 Å². The summed E-state index contributed by atoms with van der Waals surface area (Å²) in [6.45, 7) is 0. The summed E-state index contributed by atoms with van der Waals surface area (Å²) in [5.74, 6) is -1.02. The standard InChI is InChI=1S/C11H9N3O3/c15-8-3-11(4-8,10(16)17)7-5-12-9-1-2-13-14(9)6-7/h1-2,5-6H,3-4H2,(H,16,17). The molecule has 0 amide bonds. The number of ketones is 1. The second-order valence-electron chi connectivity index (χ2n) is 4.26. The third-order valence-electron chi connectivity index (χ3n) is 3.21. The maximum atomic E-state index is 11.3. The first-order chi connectivity index (χ1) is 8.12. The lowest BCUT2D eigenvalue weighted by Gasteiger charge is -2.36. The Morgan fingerprint density at radius 3 is 2.88 bits per heavy atom. The second kappa shape index (κ2) is 3.13. The number of carboxylic acid groups (broad SMARTS) is 1. The van der Waals surface area contributed by atoms with E-state index in [0.29, 0.717) is 11.2 Å². The van der Waals surface area contributed by atoms with E-state index in [-0.39, 0.29) is 18.6 Å². The molecule has 1 saturated carbocycles. The van der Waals surface area contributed by atoms with Crippen molar-refractivity contribution in [2.75, 3.05) is 0 Å². The molecule has 6 heteroatoms. The van der Waals surface area contributed by atoms with Crippen molar-refractivity contribution in [2.24, 2.45) is 0 Å². The first-order valence-electron chi connectivity index (χ1n) is 5.17. The summed E-state index contributed by atoms with van der Waals surface area (Å²) in [4.78, 5) is 26.5. The summed E-state index contributed by atoms with van der Waals surface area (Å²) in [6, 6.07) is 1.73. The van der Waals surface area contributed by atoms with Crippen molar-refractivity contribution in [2.45, 2.75) is 18.3 Å². The number of carbonyl (C=O) groups excluding carboxylic acids is 1. The van der Waals surface area contributed by atoms with Crippen LogP contribution in [0.2, 0.25) is 0 Å². The van der Waals surface area contributed by atoms with Crippen LogP contribution in [0.4, 0.5) is 0 Å². The molecule has 0 atom stereocenters. The van der Waals surface area contributed by atoms with E-state index in [1.807, 2.05) is 0 Å². The number of hydrogen-bond acceptors (Lipinski definition) is 4. The zero-order valence-electron chi connectivity index (χ0n) is 8.83. The van der Waals surface area contributed by atoms with Crippen LogP contribution in [0.3, 0.4) is 0 Å². The van der Waals surface area contributed by atoms with E-state index in [1.54, 1.807) is 18.5 Å². The summed E-state index contributed by atoms with van der Waals surface area (Å²) >= 11 is 0. The highest BCUT2D eigenvalue weighted by Crippen LogP contribution is 2.41. The molecular weight excluding hydrogens is 222 g/mol. The summed E-state index contributed by atoms with van der Waals surface area (Å²) < 4.78 is 1.52. The van der Waals surface area contributed by atoms with E-state index in [9.17, 15) is 14.7 Å². The molecule has 1 fully saturated rings. The van der Waals surface area contributed by atoms with Crippen molar-refractivity contribution in [3.63, 3.8) is 0 Å². The first kappa shape index (κ1) is 9.95. The average Bonchev–Trinajstić information content (AvgIpc) is 2.70. The maximum Gasteiger partial charge on any atom is 0.315 e.